The quantitative estimate of drug-likeness (QED) is 0.795. The summed E-state index contributed by atoms with van der Waals surface area (Å²) < 4.78 is 20.2. The minimum atomic E-state index is -1.18. The van der Waals surface area contributed by atoms with E-state index in [0.717, 1.165) is 10.7 Å². The number of nitrogens with one attached hydrogen (secondary N) is 1. The zero-order valence-electron chi connectivity index (χ0n) is 12.7. The van der Waals surface area contributed by atoms with Crippen molar-refractivity contribution in [3.05, 3.63) is 56.7 Å². The van der Waals surface area contributed by atoms with Crippen LogP contribution in [0.5, 0.6) is 0 Å². The fourth-order valence-corrected chi connectivity index (χ4v) is 2.04. The molecule has 1 amide bonds. The maximum atomic E-state index is 13.7. The maximum Gasteiger partial charge on any atom is 0.359 e. The lowest BCUT2D eigenvalue weighted by molar-refractivity contribution is -0.123. The largest absolute Gasteiger partial charge is 0.448 e. The normalized spacial score (nSPS) is 11.7. The Balaban J connectivity index is 2.04. The number of hydrogen-bond acceptors (Lipinski definition) is 5. The van der Waals surface area contributed by atoms with Gasteiger partial charge in [-0.15, -0.1) is 0 Å². The van der Waals surface area contributed by atoms with Gasteiger partial charge in [0, 0.05) is 17.6 Å². The predicted octanol–water partition coefficient (Wildman–Crippen LogP) is 1.87. The summed E-state index contributed by atoms with van der Waals surface area (Å²) in [4.78, 5) is 35.2. The molecule has 1 unspecified atom stereocenters. The molecule has 9 heteroatoms. The first-order valence-electron chi connectivity index (χ1n) is 6.79. The summed E-state index contributed by atoms with van der Waals surface area (Å²) >= 11 is 3.11. The number of ether oxygens (including phenoxy) is 1. The molecule has 0 aliphatic rings. The van der Waals surface area contributed by atoms with Crippen molar-refractivity contribution < 1.29 is 18.7 Å². The molecule has 0 radical (unpaired) electrons. The van der Waals surface area contributed by atoms with E-state index in [0.29, 0.717) is 4.47 Å². The van der Waals surface area contributed by atoms with E-state index in [1.807, 2.05) is 0 Å². The zero-order chi connectivity index (χ0) is 17.9. The second kappa shape index (κ2) is 7.35. The topological polar surface area (TPSA) is 90.3 Å². The smallest absolute Gasteiger partial charge is 0.359 e. The Morgan fingerprint density at radius 1 is 1.33 bits per heavy atom. The van der Waals surface area contributed by atoms with Crippen molar-refractivity contribution in [2.75, 3.05) is 5.32 Å². The number of halogens is 2. The van der Waals surface area contributed by atoms with Crippen LogP contribution in [0.25, 0.3) is 0 Å². The van der Waals surface area contributed by atoms with E-state index < -0.39 is 23.8 Å². The number of benzene rings is 1. The SMILES string of the molecule is CC(OC(=O)c1ccc(=O)n(C)n1)C(=O)Nc1ccc(Br)cc1F. The highest BCUT2D eigenvalue weighted by Crippen LogP contribution is 2.19. The van der Waals surface area contributed by atoms with E-state index in [-0.39, 0.29) is 16.9 Å². The van der Waals surface area contributed by atoms with E-state index in [2.05, 4.69) is 26.3 Å². The number of esters is 1. The van der Waals surface area contributed by atoms with Gasteiger partial charge in [-0.1, -0.05) is 15.9 Å². The molecule has 0 aliphatic carbocycles. The summed E-state index contributed by atoms with van der Waals surface area (Å²) in [5.74, 6) is -2.20. The van der Waals surface area contributed by atoms with E-state index >= 15 is 0 Å². The van der Waals surface area contributed by atoms with Crippen LogP contribution in [0.3, 0.4) is 0 Å². The summed E-state index contributed by atoms with van der Waals surface area (Å²) in [6, 6.07) is 6.49. The van der Waals surface area contributed by atoms with Gasteiger partial charge >= 0.3 is 5.97 Å². The van der Waals surface area contributed by atoms with Crippen LogP contribution in [0, 0.1) is 5.82 Å². The molecule has 0 saturated carbocycles. The minimum absolute atomic E-state index is 0.0358. The molecule has 1 aromatic carbocycles. The third-order valence-electron chi connectivity index (χ3n) is 3.01. The van der Waals surface area contributed by atoms with Crippen LogP contribution in [-0.4, -0.2) is 27.8 Å². The molecular formula is C15H13BrFN3O4. The molecule has 126 valence electrons. The number of carbonyl (C=O) groups excluding carboxylic acids is 2. The third-order valence-corrected chi connectivity index (χ3v) is 3.50. The average Bonchev–Trinajstić information content (AvgIpc) is 2.52. The Morgan fingerprint density at radius 3 is 2.67 bits per heavy atom. The number of carbonyl (C=O) groups is 2. The molecule has 7 nitrogen and oxygen atoms in total. The molecule has 0 fully saturated rings. The highest BCUT2D eigenvalue weighted by molar-refractivity contribution is 9.10. The highest BCUT2D eigenvalue weighted by Gasteiger charge is 2.21. The van der Waals surface area contributed by atoms with Gasteiger partial charge in [-0.3, -0.25) is 9.59 Å². The summed E-state index contributed by atoms with van der Waals surface area (Å²) in [6.45, 7) is 1.34. The van der Waals surface area contributed by atoms with Crippen molar-refractivity contribution in [1.29, 1.82) is 0 Å². The molecule has 2 rings (SSSR count). The number of aromatic nitrogens is 2. The van der Waals surface area contributed by atoms with Crippen molar-refractivity contribution in [3.63, 3.8) is 0 Å². The van der Waals surface area contributed by atoms with Gasteiger partial charge in [-0.25, -0.2) is 13.9 Å². The lowest BCUT2D eigenvalue weighted by Crippen LogP contribution is -2.31. The van der Waals surface area contributed by atoms with Crippen molar-refractivity contribution in [2.45, 2.75) is 13.0 Å². The molecule has 1 N–H and O–H groups in total. The fraction of sp³-hybridized carbons (Fsp3) is 0.200. The third kappa shape index (κ3) is 4.25. The number of hydrogen-bond donors (Lipinski definition) is 1. The van der Waals surface area contributed by atoms with Crippen LogP contribution in [0.1, 0.15) is 17.4 Å². The highest BCUT2D eigenvalue weighted by atomic mass is 79.9. The van der Waals surface area contributed by atoms with Crippen LogP contribution in [0.4, 0.5) is 10.1 Å². The predicted molar refractivity (Wildman–Crippen MR) is 87.1 cm³/mol. The van der Waals surface area contributed by atoms with Gasteiger partial charge in [-0.05, 0) is 31.2 Å². The zero-order valence-corrected chi connectivity index (χ0v) is 14.3. The molecule has 24 heavy (non-hydrogen) atoms. The van der Waals surface area contributed by atoms with Gasteiger partial charge in [0.1, 0.15) is 5.82 Å². The summed E-state index contributed by atoms with van der Waals surface area (Å²) in [5.41, 5.74) is -0.541. The first kappa shape index (κ1) is 17.8. The second-order valence-electron chi connectivity index (χ2n) is 4.84. The van der Waals surface area contributed by atoms with Crippen molar-refractivity contribution >= 4 is 33.5 Å². The first-order valence-corrected chi connectivity index (χ1v) is 7.58. The van der Waals surface area contributed by atoms with E-state index in [4.69, 9.17) is 4.74 Å². The maximum absolute atomic E-state index is 13.7. The van der Waals surface area contributed by atoms with Gasteiger partial charge in [0.15, 0.2) is 11.8 Å². The molecule has 1 aromatic heterocycles. The summed E-state index contributed by atoms with van der Waals surface area (Å²) in [5, 5.41) is 6.05. The van der Waals surface area contributed by atoms with Crippen molar-refractivity contribution in [1.82, 2.24) is 9.78 Å². The Hall–Kier alpha value is -2.55. The van der Waals surface area contributed by atoms with Crippen molar-refractivity contribution in [3.8, 4) is 0 Å². The van der Waals surface area contributed by atoms with E-state index in [9.17, 15) is 18.8 Å². The van der Waals surface area contributed by atoms with E-state index in [1.54, 1.807) is 6.07 Å². The number of aryl methyl sites for hydroxylation is 1. The molecular weight excluding hydrogens is 385 g/mol. The second-order valence-corrected chi connectivity index (χ2v) is 5.76. The van der Waals surface area contributed by atoms with Crippen LogP contribution in [-0.2, 0) is 16.6 Å². The lowest BCUT2D eigenvalue weighted by atomic mass is 10.3. The lowest BCUT2D eigenvalue weighted by Gasteiger charge is -2.14. The molecule has 0 bridgehead atoms. The standard InChI is InChI=1S/C15H13BrFN3O4/c1-8(14(22)18-11-4-3-9(16)7-10(11)17)24-15(23)12-5-6-13(21)20(2)19-12/h3-8H,1-2H3,(H,18,22). The summed E-state index contributed by atoms with van der Waals surface area (Å²) in [7, 11) is 1.38. The Morgan fingerprint density at radius 2 is 2.04 bits per heavy atom. The van der Waals surface area contributed by atoms with Gasteiger partial charge in [0.2, 0.25) is 0 Å². The fourth-order valence-electron chi connectivity index (χ4n) is 1.71. The average molecular weight is 398 g/mol. The molecule has 2 aromatic rings. The molecule has 0 aliphatic heterocycles. The molecule has 1 heterocycles. The number of anilines is 1. The minimum Gasteiger partial charge on any atom is -0.448 e. The van der Waals surface area contributed by atoms with Crippen LogP contribution in [0.15, 0.2) is 39.6 Å². The Bertz CT molecular complexity index is 853. The molecule has 0 saturated heterocycles. The number of nitrogens with zero attached hydrogens (tertiary/aromatic N) is 2. The van der Waals surface area contributed by atoms with Gasteiger partial charge in [0.25, 0.3) is 11.5 Å². The number of amides is 1. The first-order chi connectivity index (χ1) is 11.3. The van der Waals surface area contributed by atoms with Crippen LogP contribution < -0.4 is 10.9 Å². The summed E-state index contributed by atoms with van der Waals surface area (Å²) in [6.07, 6.45) is -1.18. The number of rotatable bonds is 4. The Labute approximate surface area is 144 Å². The van der Waals surface area contributed by atoms with Gasteiger partial charge in [-0.2, -0.15) is 5.10 Å². The van der Waals surface area contributed by atoms with Crippen molar-refractivity contribution in [2.24, 2.45) is 7.05 Å². The van der Waals surface area contributed by atoms with Crippen LogP contribution in [0.2, 0.25) is 0 Å². The Kier molecular flexibility index (Phi) is 5.45. The molecule has 1 atom stereocenters. The van der Waals surface area contributed by atoms with E-state index in [1.165, 1.54) is 32.2 Å². The van der Waals surface area contributed by atoms with Gasteiger partial charge < -0.3 is 10.1 Å². The monoisotopic (exact) mass is 397 g/mol. The van der Waals surface area contributed by atoms with Crippen LogP contribution >= 0.6 is 15.9 Å². The molecule has 0 spiro atoms. The van der Waals surface area contributed by atoms with Gasteiger partial charge in [0.05, 0.1) is 5.69 Å².